The first kappa shape index (κ1) is 27.3. The third-order valence-electron chi connectivity index (χ3n) is 6.32. The fourth-order valence-electron chi connectivity index (χ4n) is 4.07. The summed E-state index contributed by atoms with van der Waals surface area (Å²) in [5.74, 6) is -0.429. The number of carbonyl (C=O) groups excluding carboxylic acids is 2. The van der Waals surface area contributed by atoms with E-state index in [1.807, 2.05) is 24.3 Å². The fraction of sp³-hybridized carbons (Fsp3) is 0.467. The van der Waals surface area contributed by atoms with Gasteiger partial charge in [-0.15, -0.1) is 0 Å². The molecule has 0 N–H and O–H groups in total. The molecular formula is C30H38O6. The Morgan fingerprint density at radius 3 is 1.36 bits per heavy atom. The van der Waals surface area contributed by atoms with E-state index in [2.05, 4.69) is 13.8 Å². The van der Waals surface area contributed by atoms with Gasteiger partial charge in [0.05, 0.1) is 11.1 Å². The molecule has 2 aromatic rings. The molecule has 0 amide bonds. The number of hydrogen-bond donors (Lipinski definition) is 0. The van der Waals surface area contributed by atoms with Gasteiger partial charge in [0.2, 0.25) is 0 Å². The molecule has 0 spiro atoms. The minimum atomic E-state index is -0.580. The molecule has 0 fully saturated rings. The average Bonchev–Trinajstić information content (AvgIpc) is 2.92. The summed E-state index contributed by atoms with van der Waals surface area (Å²) in [4.78, 5) is 45.7. The molecule has 3 rings (SSSR count). The standard InChI is InChI=1S/C30H38O6/c1-3-5-7-11-23-15-19-25(20-16-23)29(31)35-33-27-13-9-10-14-28(27)34-36-30(32)26-21-17-24(18-22-26)12-8-6-4-2/h15-22H,3-14H2,1-2H3. The molecule has 0 unspecified atom stereocenters. The van der Waals surface area contributed by atoms with Gasteiger partial charge in [-0.05, 0) is 73.9 Å². The van der Waals surface area contributed by atoms with Gasteiger partial charge in [-0.3, -0.25) is 9.78 Å². The summed E-state index contributed by atoms with van der Waals surface area (Å²) in [7, 11) is 0. The van der Waals surface area contributed by atoms with Crippen molar-refractivity contribution in [3.05, 3.63) is 82.3 Å². The van der Waals surface area contributed by atoms with Crippen molar-refractivity contribution in [3.63, 3.8) is 0 Å². The van der Waals surface area contributed by atoms with Crippen molar-refractivity contribution in [1.82, 2.24) is 0 Å². The molecule has 0 radical (unpaired) electrons. The maximum Gasteiger partial charge on any atom is 0.386 e. The third-order valence-corrected chi connectivity index (χ3v) is 6.32. The van der Waals surface area contributed by atoms with E-state index in [0.717, 1.165) is 38.5 Å². The summed E-state index contributed by atoms with van der Waals surface area (Å²) in [6.45, 7) is 4.35. The van der Waals surface area contributed by atoms with Crippen LogP contribution in [-0.2, 0) is 32.4 Å². The Balaban J connectivity index is 1.50. The zero-order chi connectivity index (χ0) is 25.6. The van der Waals surface area contributed by atoms with E-state index in [9.17, 15) is 9.59 Å². The number of hydrogen-bond acceptors (Lipinski definition) is 6. The average molecular weight is 495 g/mol. The molecule has 2 aromatic carbocycles. The van der Waals surface area contributed by atoms with Crippen molar-refractivity contribution >= 4 is 11.9 Å². The van der Waals surface area contributed by atoms with Crippen LogP contribution >= 0.6 is 0 Å². The summed E-state index contributed by atoms with van der Waals surface area (Å²) < 4.78 is 0. The van der Waals surface area contributed by atoms with E-state index in [1.165, 1.54) is 36.8 Å². The van der Waals surface area contributed by atoms with Crippen molar-refractivity contribution in [2.75, 3.05) is 0 Å². The first-order valence-electron chi connectivity index (χ1n) is 13.3. The maximum absolute atomic E-state index is 12.4. The van der Waals surface area contributed by atoms with Crippen molar-refractivity contribution < 1.29 is 29.1 Å². The third kappa shape index (κ3) is 8.74. The molecular weight excluding hydrogens is 456 g/mol. The van der Waals surface area contributed by atoms with Crippen molar-refractivity contribution in [1.29, 1.82) is 0 Å². The molecule has 0 heterocycles. The zero-order valence-electron chi connectivity index (χ0n) is 21.6. The van der Waals surface area contributed by atoms with E-state index < -0.39 is 11.9 Å². The van der Waals surface area contributed by atoms with Gasteiger partial charge in [-0.2, -0.15) is 0 Å². The van der Waals surface area contributed by atoms with Gasteiger partial charge in [0.25, 0.3) is 0 Å². The van der Waals surface area contributed by atoms with E-state index in [1.54, 1.807) is 24.3 Å². The van der Waals surface area contributed by atoms with Crippen LogP contribution in [0.1, 0.15) is 110 Å². The first-order chi connectivity index (χ1) is 17.6. The predicted octanol–water partition coefficient (Wildman–Crippen LogP) is 7.81. The largest absolute Gasteiger partial charge is 0.386 e. The zero-order valence-corrected chi connectivity index (χ0v) is 21.6. The van der Waals surface area contributed by atoms with Gasteiger partial charge in [0, 0.05) is 12.8 Å². The van der Waals surface area contributed by atoms with Crippen LogP contribution in [0.2, 0.25) is 0 Å². The maximum atomic E-state index is 12.4. The van der Waals surface area contributed by atoms with E-state index in [0.29, 0.717) is 35.5 Å². The van der Waals surface area contributed by atoms with Crippen LogP contribution in [0.25, 0.3) is 0 Å². The number of carbonyl (C=O) groups is 2. The lowest BCUT2D eigenvalue weighted by molar-refractivity contribution is -0.239. The molecule has 0 aliphatic heterocycles. The van der Waals surface area contributed by atoms with Crippen molar-refractivity contribution in [3.8, 4) is 0 Å². The minimum absolute atomic E-state index is 0.366. The second kappa shape index (κ2) is 15.0. The highest BCUT2D eigenvalue weighted by Crippen LogP contribution is 2.27. The summed E-state index contributed by atoms with van der Waals surface area (Å²) in [6, 6.07) is 14.8. The Labute approximate surface area is 214 Å². The lowest BCUT2D eigenvalue weighted by atomic mass is 10.0. The van der Waals surface area contributed by atoms with Crippen LogP contribution in [0.3, 0.4) is 0 Å². The Morgan fingerprint density at radius 2 is 1.00 bits per heavy atom. The fourth-order valence-corrected chi connectivity index (χ4v) is 4.07. The second-order valence-electron chi connectivity index (χ2n) is 9.27. The van der Waals surface area contributed by atoms with Crippen LogP contribution < -0.4 is 0 Å². The normalized spacial score (nSPS) is 13.3. The van der Waals surface area contributed by atoms with Crippen LogP contribution in [0.5, 0.6) is 0 Å². The second-order valence-corrected chi connectivity index (χ2v) is 9.27. The predicted molar refractivity (Wildman–Crippen MR) is 138 cm³/mol. The summed E-state index contributed by atoms with van der Waals surface area (Å²) in [6.07, 6.45) is 11.8. The first-order valence-corrected chi connectivity index (χ1v) is 13.3. The topological polar surface area (TPSA) is 71.1 Å². The quantitative estimate of drug-likeness (QED) is 0.151. The van der Waals surface area contributed by atoms with Crippen LogP contribution in [0, 0.1) is 0 Å². The Morgan fingerprint density at radius 1 is 0.611 bits per heavy atom. The van der Waals surface area contributed by atoms with Gasteiger partial charge in [0.1, 0.15) is 0 Å². The van der Waals surface area contributed by atoms with Gasteiger partial charge in [-0.1, -0.05) is 63.8 Å². The molecule has 6 heteroatoms. The molecule has 6 nitrogen and oxygen atoms in total. The molecule has 194 valence electrons. The Bertz CT molecular complexity index is 910. The number of aryl methyl sites for hydroxylation is 2. The van der Waals surface area contributed by atoms with E-state index >= 15 is 0 Å². The number of rotatable bonds is 14. The summed E-state index contributed by atoms with van der Waals surface area (Å²) in [5, 5.41) is 0. The van der Waals surface area contributed by atoms with Crippen LogP contribution in [-0.4, -0.2) is 11.9 Å². The molecule has 0 saturated heterocycles. The number of allylic oxidation sites excluding steroid dienone is 2. The van der Waals surface area contributed by atoms with Crippen LogP contribution in [0.4, 0.5) is 0 Å². The van der Waals surface area contributed by atoms with Gasteiger partial charge < -0.3 is 0 Å². The lowest BCUT2D eigenvalue weighted by Crippen LogP contribution is -2.13. The smallest absolute Gasteiger partial charge is 0.287 e. The molecule has 0 atom stereocenters. The SMILES string of the molecule is CCCCCc1ccc(C(=O)OOC2=C(OOC(=O)c3ccc(CCCCC)cc3)CCCC2)cc1. The molecule has 1 aliphatic carbocycles. The highest BCUT2D eigenvalue weighted by molar-refractivity contribution is 5.89. The molecule has 36 heavy (non-hydrogen) atoms. The van der Waals surface area contributed by atoms with Gasteiger partial charge >= 0.3 is 11.9 Å². The Hall–Kier alpha value is -3.28. The Kier molecular flexibility index (Phi) is 11.4. The lowest BCUT2D eigenvalue weighted by Gasteiger charge is -2.17. The van der Waals surface area contributed by atoms with Crippen LogP contribution in [0.15, 0.2) is 60.0 Å². The van der Waals surface area contributed by atoms with Crippen molar-refractivity contribution in [2.45, 2.75) is 90.9 Å². The monoisotopic (exact) mass is 494 g/mol. The highest BCUT2D eigenvalue weighted by atomic mass is 17.2. The van der Waals surface area contributed by atoms with E-state index in [-0.39, 0.29) is 0 Å². The molecule has 0 saturated carbocycles. The van der Waals surface area contributed by atoms with E-state index in [4.69, 9.17) is 19.6 Å². The minimum Gasteiger partial charge on any atom is -0.287 e. The summed E-state index contributed by atoms with van der Waals surface area (Å²) >= 11 is 0. The van der Waals surface area contributed by atoms with Gasteiger partial charge in [0.15, 0.2) is 11.5 Å². The van der Waals surface area contributed by atoms with Gasteiger partial charge in [-0.25, -0.2) is 19.4 Å². The summed E-state index contributed by atoms with van der Waals surface area (Å²) in [5.41, 5.74) is 3.22. The van der Waals surface area contributed by atoms with Crippen molar-refractivity contribution in [2.24, 2.45) is 0 Å². The number of unbranched alkanes of at least 4 members (excludes halogenated alkanes) is 4. The highest BCUT2D eigenvalue weighted by Gasteiger charge is 2.22. The molecule has 1 aliphatic rings. The molecule has 0 bridgehead atoms. The number of benzene rings is 2. The molecule has 0 aromatic heterocycles.